The Morgan fingerprint density at radius 2 is 0.450 bits per heavy atom. The maximum Gasteiger partial charge on any atom is 0.492 e. The van der Waals surface area contributed by atoms with Crippen molar-refractivity contribution in [2.45, 2.75) is 183 Å². The number of hydrogen-bond donors (Lipinski definition) is 0. The van der Waals surface area contributed by atoms with Gasteiger partial charge in [-0.05, 0) is 55.4 Å². The molecule has 1 rings (SSSR count). The molecule has 0 unspecified atom stereocenters. The minimum absolute atomic E-state index is 0.182. The first-order valence-electron chi connectivity index (χ1n) is 15.0. The molecule has 0 atom stereocenters. The molecule has 1 aliphatic rings. The van der Waals surface area contributed by atoms with E-state index in [-0.39, 0.29) is 24.4 Å². The van der Waals surface area contributed by atoms with Crippen molar-refractivity contribution in [1.82, 2.24) is 0 Å². The highest BCUT2D eigenvalue weighted by molar-refractivity contribution is 6.92. The lowest BCUT2D eigenvalue weighted by Gasteiger charge is -2.59. The van der Waals surface area contributed by atoms with E-state index in [1.807, 2.05) is 55.4 Å². The Morgan fingerprint density at radius 1 is 0.325 bits per heavy atom. The lowest BCUT2D eigenvalue weighted by atomic mass is 10.3. The second-order valence-electron chi connectivity index (χ2n) is 16.3. The SMILES string of the molecule is CC(C)O[Si]1(C(C)(C)C)O[Si](OC(C)C)(C(C)(C)C)O[Si](OC(C)C)(C(C)(C)C)O[Si](OC(C)C)(C(C)(C)C)O1. The predicted molar refractivity (Wildman–Crippen MR) is 171 cm³/mol. The van der Waals surface area contributed by atoms with Gasteiger partial charge >= 0.3 is 35.2 Å². The zero-order chi connectivity index (χ0) is 32.0. The van der Waals surface area contributed by atoms with Crippen LogP contribution in [0.1, 0.15) is 138 Å². The second kappa shape index (κ2) is 12.5. The van der Waals surface area contributed by atoms with Crippen molar-refractivity contribution >= 4 is 35.2 Å². The Bertz CT molecular complexity index is 676. The minimum atomic E-state index is -3.73. The van der Waals surface area contributed by atoms with E-state index in [0.717, 1.165) is 0 Å². The van der Waals surface area contributed by atoms with E-state index in [0.29, 0.717) is 0 Å². The van der Waals surface area contributed by atoms with E-state index in [2.05, 4.69) is 83.1 Å². The van der Waals surface area contributed by atoms with E-state index >= 15 is 0 Å². The predicted octanol–water partition coefficient (Wildman–Crippen LogP) is 8.72. The van der Waals surface area contributed by atoms with E-state index in [1.54, 1.807) is 0 Å². The van der Waals surface area contributed by atoms with E-state index in [1.165, 1.54) is 0 Å². The van der Waals surface area contributed by atoms with E-state index < -0.39 is 55.4 Å². The van der Waals surface area contributed by atoms with Gasteiger partial charge in [-0.3, -0.25) is 0 Å². The summed E-state index contributed by atoms with van der Waals surface area (Å²) in [5.41, 5.74) is 0. The fourth-order valence-electron chi connectivity index (χ4n) is 4.16. The first-order valence-corrected chi connectivity index (χ1v) is 21.9. The summed E-state index contributed by atoms with van der Waals surface area (Å²) in [5.74, 6) is 0. The third-order valence-corrected chi connectivity index (χ3v) is 25.4. The molecule has 1 heterocycles. The van der Waals surface area contributed by atoms with Crippen molar-refractivity contribution in [3.8, 4) is 0 Å². The van der Waals surface area contributed by atoms with Gasteiger partial charge in [0.1, 0.15) is 0 Å². The van der Waals surface area contributed by atoms with Crippen molar-refractivity contribution < 1.29 is 34.2 Å². The first kappa shape index (κ1) is 38.6. The molecule has 0 saturated carbocycles. The molecule has 40 heavy (non-hydrogen) atoms. The van der Waals surface area contributed by atoms with Crippen LogP contribution in [0.5, 0.6) is 0 Å². The molecule has 0 aromatic heterocycles. The Hall–Kier alpha value is 0.548. The normalized spacial score (nSPS) is 31.8. The third kappa shape index (κ3) is 8.38. The summed E-state index contributed by atoms with van der Waals surface area (Å²) in [6.45, 7) is 41.4. The lowest BCUT2D eigenvalue weighted by Crippen LogP contribution is -2.80. The highest BCUT2D eigenvalue weighted by Crippen LogP contribution is 2.57. The van der Waals surface area contributed by atoms with Gasteiger partial charge in [0.15, 0.2) is 0 Å². The van der Waals surface area contributed by atoms with Crippen LogP contribution in [0.15, 0.2) is 0 Å². The van der Waals surface area contributed by atoms with Crippen LogP contribution in [0.25, 0.3) is 0 Å². The van der Waals surface area contributed by atoms with Crippen LogP contribution in [0.2, 0.25) is 20.2 Å². The summed E-state index contributed by atoms with van der Waals surface area (Å²) < 4.78 is 57.6. The molecule has 0 N–H and O–H groups in total. The van der Waals surface area contributed by atoms with Gasteiger partial charge in [-0.2, -0.15) is 0 Å². The molecular weight excluding hydrogens is 577 g/mol. The summed E-state index contributed by atoms with van der Waals surface area (Å²) in [6.07, 6.45) is -0.729. The topological polar surface area (TPSA) is 73.8 Å². The molecule has 8 nitrogen and oxygen atoms in total. The van der Waals surface area contributed by atoms with E-state index in [4.69, 9.17) is 34.2 Å². The number of rotatable bonds is 8. The van der Waals surface area contributed by atoms with Crippen LogP contribution >= 0.6 is 0 Å². The molecule has 0 radical (unpaired) electrons. The molecule has 0 aromatic rings. The maximum atomic E-state index is 7.50. The first-order chi connectivity index (χ1) is 17.5. The molecule has 0 spiro atoms. The molecule has 0 amide bonds. The van der Waals surface area contributed by atoms with Gasteiger partial charge in [-0.1, -0.05) is 83.1 Å². The maximum absolute atomic E-state index is 7.50. The monoisotopic (exact) mass is 640 g/mol. The van der Waals surface area contributed by atoms with Gasteiger partial charge in [-0.25, -0.2) is 0 Å². The zero-order valence-corrected chi connectivity index (χ0v) is 33.6. The fourth-order valence-corrected chi connectivity index (χ4v) is 27.2. The van der Waals surface area contributed by atoms with Gasteiger partial charge < -0.3 is 34.2 Å². The van der Waals surface area contributed by atoms with Crippen LogP contribution < -0.4 is 0 Å². The highest BCUT2D eigenvalue weighted by atomic mass is 28.6. The van der Waals surface area contributed by atoms with Crippen LogP contribution in [0, 0.1) is 0 Å². The largest absolute Gasteiger partial charge is 0.492 e. The van der Waals surface area contributed by atoms with Crippen molar-refractivity contribution in [2.75, 3.05) is 0 Å². The molecule has 1 saturated heterocycles. The Kier molecular flexibility index (Phi) is 12.1. The van der Waals surface area contributed by atoms with Gasteiger partial charge in [-0.15, -0.1) is 0 Å². The van der Waals surface area contributed by atoms with Crippen molar-refractivity contribution in [3.63, 3.8) is 0 Å². The average molecular weight is 641 g/mol. The fraction of sp³-hybridized carbons (Fsp3) is 1.00. The third-order valence-electron chi connectivity index (χ3n) is 6.31. The van der Waals surface area contributed by atoms with Gasteiger partial charge in [0.2, 0.25) is 0 Å². The molecule has 1 aliphatic heterocycles. The zero-order valence-electron chi connectivity index (χ0n) is 29.6. The quantitative estimate of drug-likeness (QED) is 0.244. The van der Waals surface area contributed by atoms with Crippen molar-refractivity contribution in [1.29, 1.82) is 0 Å². The molecule has 12 heteroatoms. The second-order valence-corrected chi connectivity index (χ2v) is 31.0. The molecule has 240 valence electrons. The molecule has 0 aliphatic carbocycles. The average Bonchev–Trinajstić information content (AvgIpc) is 2.60. The summed E-state index contributed by atoms with van der Waals surface area (Å²) in [5, 5.41) is -2.22. The van der Waals surface area contributed by atoms with Gasteiger partial charge in [0, 0.05) is 44.6 Å². The van der Waals surface area contributed by atoms with Crippen molar-refractivity contribution in [3.05, 3.63) is 0 Å². The number of hydrogen-bond acceptors (Lipinski definition) is 8. The Labute approximate surface area is 251 Å². The van der Waals surface area contributed by atoms with Crippen LogP contribution in [-0.2, 0) is 34.2 Å². The molecular formula is C28H64O8Si4. The van der Waals surface area contributed by atoms with Crippen molar-refractivity contribution in [2.24, 2.45) is 0 Å². The van der Waals surface area contributed by atoms with Gasteiger partial charge in [0.25, 0.3) is 0 Å². The Balaban J connectivity index is 4.47. The highest BCUT2D eigenvalue weighted by Gasteiger charge is 2.78. The summed E-state index contributed by atoms with van der Waals surface area (Å²) in [6, 6.07) is 0. The minimum Gasteiger partial charge on any atom is -0.372 e. The lowest BCUT2D eigenvalue weighted by molar-refractivity contribution is -0.0388. The van der Waals surface area contributed by atoms with Crippen LogP contribution in [0.4, 0.5) is 0 Å². The van der Waals surface area contributed by atoms with E-state index in [9.17, 15) is 0 Å². The summed E-state index contributed by atoms with van der Waals surface area (Å²) >= 11 is 0. The standard InChI is InChI=1S/C28H64O8Si4/c1-21(2)29-37(25(9,10)11)33-38(26(12,13)14,30-22(3)4)35-40(28(18,19)20,32-24(7)8)36-39(34-37,27(15,16)17)31-23(5)6/h21-24H,1-20H3. The molecule has 0 bridgehead atoms. The van der Waals surface area contributed by atoms with Crippen LogP contribution in [0.3, 0.4) is 0 Å². The van der Waals surface area contributed by atoms with Gasteiger partial charge in [0.05, 0.1) is 0 Å². The summed E-state index contributed by atoms with van der Waals surface area (Å²) in [7, 11) is -14.9. The Morgan fingerprint density at radius 3 is 0.525 bits per heavy atom. The molecule has 0 aromatic carbocycles. The van der Waals surface area contributed by atoms with Crippen LogP contribution in [-0.4, -0.2) is 59.6 Å². The summed E-state index contributed by atoms with van der Waals surface area (Å²) in [4.78, 5) is 0. The smallest absolute Gasteiger partial charge is 0.372 e. The molecule has 1 fully saturated rings.